The van der Waals surface area contributed by atoms with Crippen LogP contribution < -0.4 is 0 Å². The van der Waals surface area contributed by atoms with E-state index in [9.17, 15) is 14.5 Å². The summed E-state index contributed by atoms with van der Waals surface area (Å²) in [4.78, 5) is 9.49. The average Bonchev–Trinajstić information content (AvgIpc) is 1.99. The van der Waals surface area contributed by atoms with E-state index in [1.807, 2.05) is 0 Å². The molecule has 0 bridgehead atoms. The van der Waals surface area contributed by atoms with Gasteiger partial charge in [0.25, 0.3) is 0 Å². The SMILES string of the molecule is Cc1cccc(F)c1[N+](=O)[O-].O=S(=O)(Cl)Cl. The number of hydrogen-bond donors (Lipinski definition) is 0. The van der Waals surface area contributed by atoms with Crippen molar-refractivity contribution in [3.63, 3.8) is 0 Å². The molecule has 0 N–H and O–H groups in total. The lowest BCUT2D eigenvalue weighted by Gasteiger charge is -1.95. The first kappa shape index (κ1) is 15.1. The minimum Gasteiger partial charge on any atom is -0.258 e. The van der Waals surface area contributed by atoms with Gasteiger partial charge in [0.1, 0.15) is 0 Å². The molecular formula is C7H6Cl2FNO4S. The quantitative estimate of drug-likeness (QED) is 0.452. The van der Waals surface area contributed by atoms with Gasteiger partial charge in [-0.2, -0.15) is 12.8 Å². The highest BCUT2D eigenvalue weighted by atomic mass is 36.0. The molecule has 0 aliphatic heterocycles. The van der Waals surface area contributed by atoms with E-state index < -0.39 is 24.7 Å². The van der Waals surface area contributed by atoms with Crippen LogP contribution in [0, 0.1) is 22.9 Å². The molecule has 0 saturated carbocycles. The molecule has 0 fully saturated rings. The van der Waals surface area contributed by atoms with Gasteiger partial charge < -0.3 is 0 Å². The lowest BCUT2D eigenvalue weighted by molar-refractivity contribution is -0.388. The molecule has 0 aliphatic carbocycles. The zero-order chi connectivity index (χ0) is 12.9. The van der Waals surface area contributed by atoms with Crippen LogP contribution in [0.25, 0.3) is 0 Å². The third kappa shape index (κ3) is 6.54. The fraction of sp³-hybridized carbons (Fsp3) is 0.143. The van der Waals surface area contributed by atoms with Crippen molar-refractivity contribution in [2.24, 2.45) is 0 Å². The van der Waals surface area contributed by atoms with Crippen molar-refractivity contribution in [1.29, 1.82) is 0 Å². The third-order valence-corrected chi connectivity index (χ3v) is 1.37. The summed E-state index contributed by atoms with van der Waals surface area (Å²) in [6.45, 7) is 1.50. The maximum Gasteiger partial charge on any atom is 0.317 e. The zero-order valence-corrected chi connectivity index (χ0v) is 10.2. The van der Waals surface area contributed by atoms with E-state index in [1.165, 1.54) is 19.1 Å². The number of aryl methyl sites for hydroxylation is 1. The van der Waals surface area contributed by atoms with Crippen molar-refractivity contribution >= 4 is 35.3 Å². The molecule has 90 valence electrons. The normalized spacial score (nSPS) is 10.2. The highest BCUT2D eigenvalue weighted by molar-refractivity contribution is 8.31. The Labute approximate surface area is 99.9 Å². The lowest BCUT2D eigenvalue weighted by Crippen LogP contribution is -1.94. The van der Waals surface area contributed by atoms with Crippen LogP contribution in [0.15, 0.2) is 18.2 Å². The maximum atomic E-state index is 12.7. The van der Waals surface area contributed by atoms with Crippen molar-refractivity contribution in [3.8, 4) is 0 Å². The van der Waals surface area contributed by atoms with Gasteiger partial charge >= 0.3 is 14.0 Å². The van der Waals surface area contributed by atoms with E-state index in [1.54, 1.807) is 0 Å². The molecule has 0 unspecified atom stereocenters. The number of hydrogen-bond acceptors (Lipinski definition) is 4. The van der Waals surface area contributed by atoms with Crippen LogP contribution in [0.5, 0.6) is 0 Å². The Morgan fingerprint density at radius 2 is 1.81 bits per heavy atom. The Morgan fingerprint density at radius 3 is 2.06 bits per heavy atom. The van der Waals surface area contributed by atoms with E-state index >= 15 is 0 Å². The maximum absolute atomic E-state index is 12.7. The fourth-order valence-corrected chi connectivity index (χ4v) is 0.854. The number of nitro benzene ring substituents is 1. The number of halogens is 3. The molecule has 5 nitrogen and oxygen atoms in total. The van der Waals surface area contributed by atoms with Gasteiger partial charge in [0.2, 0.25) is 5.82 Å². The van der Waals surface area contributed by atoms with Crippen LogP contribution in [0.1, 0.15) is 5.56 Å². The molecule has 0 aliphatic rings. The topological polar surface area (TPSA) is 77.3 Å². The average molecular weight is 290 g/mol. The number of para-hydroxylation sites is 1. The summed E-state index contributed by atoms with van der Waals surface area (Å²) in [6.07, 6.45) is 0. The van der Waals surface area contributed by atoms with Gasteiger partial charge in [-0.1, -0.05) is 12.1 Å². The van der Waals surface area contributed by atoms with Gasteiger partial charge in [-0.15, -0.1) is 0 Å². The summed E-state index contributed by atoms with van der Waals surface area (Å²) in [5.74, 6) is -0.782. The Balaban J connectivity index is 0.000000385. The van der Waals surface area contributed by atoms with Crippen molar-refractivity contribution in [3.05, 3.63) is 39.7 Å². The minimum atomic E-state index is -3.72. The van der Waals surface area contributed by atoms with E-state index in [2.05, 4.69) is 21.4 Å². The summed E-state index contributed by atoms with van der Waals surface area (Å²) in [6, 6.07) is 4.02. The predicted octanol–water partition coefficient (Wildman–Crippen LogP) is 2.75. The molecule has 0 radical (unpaired) electrons. The summed E-state index contributed by atoms with van der Waals surface area (Å²) in [7, 11) is 4.81. The molecule has 1 aromatic rings. The molecule has 0 amide bonds. The second-order valence-corrected chi connectivity index (χ2v) is 6.21. The summed E-state index contributed by atoms with van der Waals surface area (Å²) in [5, 5.41) is 10.2. The first-order valence-corrected chi connectivity index (χ1v) is 6.80. The van der Waals surface area contributed by atoms with Crippen LogP contribution in [0.3, 0.4) is 0 Å². The Kier molecular flexibility index (Phi) is 5.63. The van der Waals surface area contributed by atoms with Gasteiger partial charge in [-0.3, -0.25) is 10.1 Å². The van der Waals surface area contributed by atoms with Crippen molar-refractivity contribution < 1.29 is 17.7 Å². The number of benzene rings is 1. The fourth-order valence-electron chi connectivity index (χ4n) is 0.854. The number of nitrogens with zero attached hydrogens (tertiary/aromatic N) is 1. The summed E-state index contributed by atoms with van der Waals surface area (Å²) < 4.78 is 31.0. The standard InChI is InChI=1S/C7H6FNO2.Cl2O2S/c1-5-3-2-4-6(8)7(5)9(10)11;1-5(2,3)4/h2-4H,1H3;. The molecule has 0 spiro atoms. The second kappa shape index (κ2) is 5.97. The molecule has 9 heteroatoms. The molecule has 0 heterocycles. The molecule has 0 saturated heterocycles. The molecular weight excluding hydrogens is 284 g/mol. The van der Waals surface area contributed by atoms with Gasteiger partial charge in [-0.05, 0) is 13.0 Å². The van der Waals surface area contributed by atoms with Crippen molar-refractivity contribution in [2.45, 2.75) is 6.92 Å². The Bertz CT molecular complexity index is 463. The van der Waals surface area contributed by atoms with E-state index in [0.717, 1.165) is 6.07 Å². The van der Waals surface area contributed by atoms with Crippen molar-refractivity contribution in [1.82, 2.24) is 0 Å². The van der Waals surface area contributed by atoms with Crippen LogP contribution in [0.4, 0.5) is 10.1 Å². The van der Waals surface area contributed by atoms with E-state index in [0.29, 0.717) is 5.56 Å². The Morgan fingerprint density at radius 1 is 1.38 bits per heavy atom. The minimum absolute atomic E-state index is 0.343. The van der Waals surface area contributed by atoms with Crippen LogP contribution >= 0.6 is 21.4 Å². The third-order valence-electron chi connectivity index (χ3n) is 1.37. The largest absolute Gasteiger partial charge is 0.317 e. The van der Waals surface area contributed by atoms with Crippen LogP contribution in [0.2, 0.25) is 0 Å². The molecule has 0 aromatic heterocycles. The summed E-state index contributed by atoms with van der Waals surface area (Å²) in [5.41, 5.74) is -0.0949. The lowest BCUT2D eigenvalue weighted by atomic mass is 10.2. The highest BCUT2D eigenvalue weighted by Gasteiger charge is 2.15. The number of rotatable bonds is 1. The first-order valence-electron chi connectivity index (χ1n) is 3.66. The van der Waals surface area contributed by atoms with Gasteiger partial charge in [0.05, 0.1) is 4.92 Å². The van der Waals surface area contributed by atoms with E-state index in [4.69, 9.17) is 8.42 Å². The molecule has 16 heavy (non-hydrogen) atoms. The van der Waals surface area contributed by atoms with Crippen molar-refractivity contribution in [2.75, 3.05) is 0 Å². The second-order valence-electron chi connectivity index (χ2n) is 2.54. The molecule has 1 aromatic carbocycles. The van der Waals surface area contributed by atoms with E-state index in [-0.39, 0.29) is 0 Å². The molecule has 1 rings (SSSR count). The smallest absolute Gasteiger partial charge is 0.258 e. The predicted molar refractivity (Wildman–Crippen MR) is 58.4 cm³/mol. The van der Waals surface area contributed by atoms with Crippen LogP contribution in [-0.4, -0.2) is 13.3 Å². The number of nitro groups is 1. The van der Waals surface area contributed by atoms with Gasteiger partial charge in [0.15, 0.2) is 0 Å². The Hall–Kier alpha value is -0.920. The van der Waals surface area contributed by atoms with Gasteiger partial charge in [0, 0.05) is 26.9 Å². The first-order chi connectivity index (χ1) is 7.13. The highest BCUT2D eigenvalue weighted by Crippen LogP contribution is 2.20. The summed E-state index contributed by atoms with van der Waals surface area (Å²) >= 11 is 0. The molecule has 0 atom stereocenters. The monoisotopic (exact) mass is 289 g/mol. The van der Waals surface area contributed by atoms with Gasteiger partial charge in [-0.25, -0.2) is 0 Å². The van der Waals surface area contributed by atoms with Crippen LogP contribution in [-0.2, 0) is 8.26 Å². The zero-order valence-electron chi connectivity index (χ0n) is 7.85.